The number of alkyl halides is 6. The average molecular weight is 496 g/mol. The van der Waals surface area contributed by atoms with E-state index in [-0.39, 0.29) is 17.7 Å². The number of carbonyl (C=O) groups excluding carboxylic acids is 2. The summed E-state index contributed by atoms with van der Waals surface area (Å²) in [5.74, 6) is -0.615. The van der Waals surface area contributed by atoms with E-state index in [1.807, 2.05) is 0 Å². The molecule has 1 aromatic rings. The Morgan fingerprint density at radius 1 is 0.853 bits per heavy atom. The summed E-state index contributed by atoms with van der Waals surface area (Å²) in [5.41, 5.74) is -5.63. The second-order valence-electron chi connectivity index (χ2n) is 10.0. The minimum atomic E-state index is -5.00. The van der Waals surface area contributed by atoms with Crippen LogP contribution in [0, 0.1) is 0 Å². The highest BCUT2D eigenvalue weighted by Crippen LogP contribution is 2.39. The summed E-state index contributed by atoms with van der Waals surface area (Å²) < 4.78 is 85.0. The molecule has 2 rings (SSSR count). The van der Waals surface area contributed by atoms with Crippen LogP contribution >= 0.6 is 0 Å². The van der Waals surface area contributed by atoms with Crippen molar-refractivity contribution in [3.63, 3.8) is 0 Å². The first-order valence-electron chi connectivity index (χ1n) is 10.8. The molecule has 0 saturated carbocycles. The molecule has 1 saturated heterocycles. The number of hydrogen-bond donors (Lipinski definition) is 0. The zero-order valence-corrected chi connectivity index (χ0v) is 20.0. The maximum absolute atomic E-state index is 13.3. The molecular weight excluding hydrogens is 466 g/mol. The van der Waals surface area contributed by atoms with Crippen LogP contribution in [0.25, 0.3) is 0 Å². The number of halogens is 6. The Labute approximate surface area is 195 Å². The van der Waals surface area contributed by atoms with Crippen LogP contribution in [0.3, 0.4) is 0 Å². The van der Waals surface area contributed by atoms with Gasteiger partial charge in [-0.2, -0.15) is 26.3 Å². The van der Waals surface area contributed by atoms with E-state index < -0.39 is 46.5 Å². The molecule has 0 unspecified atom stereocenters. The Morgan fingerprint density at radius 3 is 1.65 bits per heavy atom. The summed E-state index contributed by atoms with van der Waals surface area (Å²) in [7, 11) is 1.47. The van der Waals surface area contributed by atoms with Crippen molar-refractivity contribution < 1.29 is 40.7 Å². The molecule has 1 aliphatic heterocycles. The number of amides is 2. The molecule has 2 amide bonds. The van der Waals surface area contributed by atoms with Crippen molar-refractivity contribution in [3.8, 4) is 0 Å². The molecule has 192 valence electrons. The van der Waals surface area contributed by atoms with Crippen LogP contribution in [0.5, 0.6) is 0 Å². The lowest BCUT2D eigenvalue weighted by Crippen LogP contribution is -2.51. The van der Waals surface area contributed by atoms with Gasteiger partial charge >= 0.3 is 18.4 Å². The van der Waals surface area contributed by atoms with Crippen LogP contribution in [0.15, 0.2) is 18.2 Å². The summed E-state index contributed by atoms with van der Waals surface area (Å²) in [6.07, 6.45) is -9.70. The summed E-state index contributed by atoms with van der Waals surface area (Å²) in [4.78, 5) is 28.3. The summed E-state index contributed by atoms with van der Waals surface area (Å²) in [5, 5.41) is 0. The van der Waals surface area contributed by atoms with Crippen LogP contribution < -0.4 is 0 Å². The lowest BCUT2D eigenvalue weighted by atomic mass is 9.81. The molecule has 0 spiro atoms. The normalized spacial score (nSPS) is 16.4. The van der Waals surface area contributed by atoms with Gasteiger partial charge in [0.15, 0.2) is 0 Å². The first-order chi connectivity index (χ1) is 15.2. The number of rotatable bonds is 3. The third kappa shape index (κ3) is 6.56. The number of piperidine rings is 1. The minimum Gasteiger partial charge on any atom is -0.444 e. The number of nitrogens with zero attached hydrogens (tertiary/aromatic N) is 2. The van der Waals surface area contributed by atoms with Gasteiger partial charge in [0, 0.05) is 26.2 Å². The average Bonchev–Trinajstić information content (AvgIpc) is 2.69. The standard InChI is InChI=1S/C23H30F6N2O3/c1-20(2,3)34-19(33)31-9-7-17(8-10-31)30(6)18(32)21(4,5)14-11-15(22(24,25)26)13-16(12-14)23(27,28)29/h11-13,17H,7-10H2,1-6H3. The first kappa shape index (κ1) is 27.8. The lowest BCUT2D eigenvalue weighted by molar-refractivity contribution is -0.144. The van der Waals surface area contributed by atoms with Gasteiger partial charge in [-0.15, -0.1) is 0 Å². The fourth-order valence-corrected chi connectivity index (χ4v) is 3.81. The third-order valence-corrected chi connectivity index (χ3v) is 5.83. The van der Waals surface area contributed by atoms with Crippen LogP contribution in [-0.2, 0) is 27.3 Å². The van der Waals surface area contributed by atoms with Crippen molar-refractivity contribution in [2.75, 3.05) is 20.1 Å². The second-order valence-corrected chi connectivity index (χ2v) is 10.0. The van der Waals surface area contributed by atoms with E-state index in [9.17, 15) is 35.9 Å². The van der Waals surface area contributed by atoms with E-state index in [0.29, 0.717) is 38.1 Å². The fourth-order valence-electron chi connectivity index (χ4n) is 3.81. The molecule has 1 aliphatic rings. The van der Waals surface area contributed by atoms with Crippen molar-refractivity contribution in [2.45, 2.75) is 76.9 Å². The largest absolute Gasteiger partial charge is 0.444 e. The summed E-state index contributed by atoms with van der Waals surface area (Å²) in [6.45, 7) is 8.44. The highest BCUT2D eigenvalue weighted by Gasteiger charge is 2.42. The van der Waals surface area contributed by atoms with Gasteiger partial charge in [-0.25, -0.2) is 4.79 Å². The van der Waals surface area contributed by atoms with E-state index >= 15 is 0 Å². The third-order valence-electron chi connectivity index (χ3n) is 5.83. The molecule has 1 heterocycles. The predicted octanol–water partition coefficient (Wildman–Crippen LogP) is 5.86. The van der Waals surface area contributed by atoms with Gasteiger partial charge in [-0.05, 0) is 71.2 Å². The van der Waals surface area contributed by atoms with Crippen molar-refractivity contribution in [1.82, 2.24) is 9.80 Å². The molecule has 0 aromatic heterocycles. The summed E-state index contributed by atoms with van der Waals surface area (Å²) in [6, 6.07) is 0.886. The van der Waals surface area contributed by atoms with Crippen LogP contribution in [-0.4, -0.2) is 53.6 Å². The van der Waals surface area contributed by atoms with E-state index in [2.05, 4.69) is 0 Å². The van der Waals surface area contributed by atoms with E-state index in [1.165, 1.54) is 30.7 Å². The molecule has 34 heavy (non-hydrogen) atoms. The number of benzene rings is 1. The Balaban J connectivity index is 2.23. The SMILES string of the molecule is CN(C(=O)C(C)(C)c1cc(C(F)(F)F)cc(C(F)(F)F)c1)C1CCN(C(=O)OC(C)(C)C)CC1. The predicted molar refractivity (Wildman–Crippen MR) is 113 cm³/mol. The maximum atomic E-state index is 13.3. The van der Waals surface area contributed by atoms with Crippen molar-refractivity contribution in [1.29, 1.82) is 0 Å². The van der Waals surface area contributed by atoms with Crippen LogP contribution in [0.1, 0.15) is 64.2 Å². The Hall–Kier alpha value is -2.46. The van der Waals surface area contributed by atoms with Crippen molar-refractivity contribution in [2.24, 2.45) is 0 Å². The minimum absolute atomic E-state index is 0.0418. The number of hydrogen-bond acceptors (Lipinski definition) is 3. The topological polar surface area (TPSA) is 49.9 Å². The maximum Gasteiger partial charge on any atom is 0.416 e. The first-order valence-corrected chi connectivity index (χ1v) is 10.8. The van der Waals surface area contributed by atoms with E-state index in [4.69, 9.17) is 4.74 Å². The highest BCUT2D eigenvalue weighted by molar-refractivity contribution is 5.87. The quantitative estimate of drug-likeness (QED) is 0.493. The van der Waals surface area contributed by atoms with Crippen LogP contribution in [0.4, 0.5) is 31.1 Å². The van der Waals surface area contributed by atoms with Gasteiger partial charge in [-0.1, -0.05) is 0 Å². The Bertz CT molecular complexity index is 879. The zero-order chi connectivity index (χ0) is 26.3. The lowest BCUT2D eigenvalue weighted by Gasteiger charge is -2.40. The molecular formula is C23H30F6N2O3. The van der Waals surface area contributed by atoms with Gasteiger partial charge < -0.3 is 14.5 Å². The number of carbonyl (C=O) groups is 2. The molecule has 0 radical (unpaired) electrons. The fraction of sp³-hybridized carbons (Fsp3) is 0.652. The molecule has 1 aromatic carbocycles. The van der Waals surface area contributed by atoms with Crippen LogP contribution in [0.2, 0.25) is 0 Å². The molecule has 5 nitrogen and oxygen atoms in total. The molecule has 0 atom stereocenters. The molecule has 0 N–H and O–H groups in total. The van der Waals surface area contributed by atoms with Gasteiger partial charge in [0.2, 0.25) is 5.91 Å². The Morgan fingerprint density at radius 2 is 1.26 bits per heavy atom. The molecule has 1 fully saturated rings. The van der Waals surface area contributed by atoms with E-state index in [0.717, 1.165) is 0 Å². The van der Waals surface area contributed by atoms with Crippen molar-refractivity contribution >= 4 is 12.0 Å². The van der Waals surface area contributed by atoms with Gasteiger partial charge in [-0.3, -0.25) is 4.79 Å². The number of ether oxygens (including phenoxy) is 1. The monoisotopic (exact) mass is 496 g/mol. The number of likely N-dealkylation sites (N-methyl/N-ethyl adjacent to an activating group) is 1. The van der Waals surface area contributed by atoms with Gasteiger partial charge in [0.1, 0.15) is 5.60 Å². The van der Waals surface area contributed by atoms with Crippen molar-refractivity contribution in [3.05, 3.63) is 34.9 Å². The molecule has 0 bridgehead atoms. The smallest absolute Gasteiger partial charge is 0.416 e. The molecule has 11 heteroatoms. The van der Waals surface area contributed by atoms with Gasteiger partial charge in [0.05, 0.1) is 16.5 Å². The zero-order valence-electron chi connectivity index (χ0n) is 20.0. The number of likely N-dealkylation sites (tertiary alicyclic amines) is 1. The Kier molecular flexibility index (Phi) is 7.60. The van der Waals surface area contributed by atoms with E-state index in [1.54, 1.807) is 20.8 Å². The summed E-state index contributed by atoms with van der Waals surface area (Å²) >= 11 is 0. The molecule has 0 aliphatic carbocycles. The highest BCUT2D eigenvalue weighted by atomic mass is 19.4. The van der Waals surface area contributed by atoms with Gasteiger partial charge in [0.25, 0.3) is 0 Å². The second kappa shape index (κ2) is 9.30.